The van der Waals surface area contributed by atoms with Gasteiger partial charge in [0.25, 0.3) is 5.91 Å². The molecule has 4 heteroatoms. The largest absolute Gasteiger partial charge is 0.508 e. The molecule has 0 aliphatic heterocycles. The summed E-state index contributed by atoms with van der Waals surface area (Å²) in [5.74, 6) is 0.365. The molecule has 1 aliphatic carbocycles. The van der Waals surface area contributed by atoms with E-state index in [1.54, 1.807) is 23.5 Å². The van der Waals surface area contributed by atoms with Gasteiger partial charge in [0.1, 0.15) is 5.75 Å². The Balaban J connectivity index is 1.48. The predicted molar refractivity (Wildman–Crippen MR) is 89.7 cm³/mol. The Morgan fingerprint density at radius 2 is 1.95 bits per heavy atom. The average molecular weight is 315 g/mol. The second-order valence-electron chi connectivity index (χ2n) is 5.78. The molecule has 3 nitrogen and oxygen atoms in total. The van der Waals surface area contributed by atoms with E-state index < -0.39 is 0 Å². The Morgan fingerprint density at radius 1 is 1.18 bits per heavy atom. The number of phenols is 1. The van der Waals surface area contributed by atoms with Gasteiger partial charge in [-0.1, -0.05) is 12.1 Å². The van der Waals surface area contributed by atoms with Crippen molar-refractivity contribution in [1.82, 2.24) is 5.32 Å². The fourth-order valence-corrected chi connectivity index (χ4v) is 4.06. The highest BCUT2D eigenvalue weighted by molar-refractivity contribution is 7.10. The third-order valence-electron chi connectivity index (χ3n) is 4.17. The summed E-state index contributed by atoms with van der Waals surface area (Å²) in [5.41, 5.74) is 3.36. The van der Waals surface area contributed by atoms with Crippen LogP contribution < -0.4 is 5.32 Å². The molecule has 0 radical (unpaired) electrons. The van der Waals surface area contributed by atoms with Gasteiger partial charge < -0.3 is 10.4 Å². The summed E-state index contributed by atoms with van der Waals surface area (Å²) in [6.07, 6.45) is 6.44. The van der Waals surface area contributed by atoms with Gasteiger partial charge in [0.05, 0.1) is 5.56 Å². The topological polar surface area (TPSA) is 49.3 Å². The monoisotopic (exact) mass is 315 g/mol. The van der Waals surface area contributed by atoms with E-state index >= 15 is 0 Å². The van der Waals surface area contributed by atoms with Crippen molar-refractivity contribution in [3.05, 3.63) is 51.2 Å². The normalized spacial score (nSPS) is 13.6. The molecule has 1 amide bonds. The predicted octanol–water partition coefficient (Wildman–Crippen LogP) is 3.70. The lowest BCUT2D eigenvalue weighted by molar-refractivity contribution is 0.0952. The summed E-state index contributed by atoms with van der Waals surface area (Å²) in [6, 6.07) is 7.25. The second kappa shape index (κ2) is 6.97. The van der Waals surface area contributed by atoms with E-state index in [-0.39, 0.29) is 5.91 Å². The SMILES string of the molecule is O=C(NCCCc1ccc(O)cc1)c1csc2c1CCCC2. The van der Waals surface area contributed by atoms with E-state index in [1.165, 1.54) is 28.8 Å². The third-order valence-corrected chi connectivity index (χ3v) is 5.26. The molecule has 22 heavy (non-hydrogen) atoms. The molecule has 0 bridgehead atoms. The van der Waals surface area contributed by atoms with Gasteiger partial charge >= 0.3 is 0 Å². The number of carbonyl (C=O) groups is 1. The van der Waals surface area contributed by atoms with Gasteiger partial charge in [-0.2, -0.15) is 0 Å². The van der Waals surface area contributed by atoms with Crippen LogP contribution in [-0.4, -0.2) is 17.6 Å². The van der Waals surface area contributed by atoms with Crippen LogP contribution in [0.3, 0.4) is 0 Å². The number of nitrogens with one attached hydrogen (secondary N) is 1. The molecule has 0 atom stereocenters. The van der Waals surface area contributed by atoms with Crippen molar-refractivity contribution in [3.8, 4) is 5.75 Å². The molecule has 0 fully saturated rings. The van der Waals surface area contributed by atoms with Crippen LogP contribution in [-0.2, 0) is 19.3 Å². The molecule has 1 heterocycles. The van der Waals surface area contributed by atoms with Crippen LogP contribution in [0.2, 0.25) is 0 Å². The minimum absolute atomic E-state index is 0.0742. The van der Waals surface area contributed by atoms with E-state index in [4.69, 9.17) is 0 Å². The maximum Gasteiger partial charge on any atom is 0.252 e. The lowest BCUT2D eigenvalue weighted by Gasteiger charge is -2.12. The van der Waals surface area contributed by atoms with E-state index in [1.807, 2.05) is 17.5 Å². The number of aryl methyl sites for hydroxylation is 2. The van der Waals surface area contributed by atoms with Crippen LogP contribution >= 0.6 is 11.3 Å². The first-order valence-corrected chi connectivity index (χ1v) is 8.77. The molecular weight excluding hydrogens is 294 g/mol. The average Bonchev–Trinajstić information content (AvgIpc) is 2.97. The lowest BCUT2D eigenvalue weighted by Crippen LogP contribution is -2.25. The maximum absolute atomic E-state index is 12.3. The van der Waals surface area contributed by atoms with Crippen molar-refractivity contribution >= 4 is 17.2 Å². The van der Waals surface area contributed by atoms with Crippen molar-refractivity contribution in [2.45, 2.75) is 38.5 Å². The Kier molecular flexibility index (Phi) is 4.78. The van der Waals surface area contributed by atoms with Crippen LogP contribution in [0.1, 0.15) is 45.6 Å². The smallest absolute Gasteiger partial charge is 0.252 e. The van der Waals surface area contributed by atoms with Crippen LogP contribution in [0.15, 0.2) is 29.6 Å². The number of amides is 1. The number of benzene rings is 1. The molecule has 0 unspecified atom stereocenters. The Bertz CT molecular complexity index is 646. The van der Waals surface area contributed by atoms with Crippen molar-refractivity contribution < 1.29 is 9.90 Å². The third kappa shape index (κ3) is 3.50. The molecule has 0 saturated heterocycles. The Hall–Kier alpha value is -1.81. The second-order valence-corrected chi connectivity index (χ2v) is 6.75. The van der Waals surface area contributed by atoms with Crippen LogP contribution in [0, 0.1) is 0 Å². The highest BCUT2D eigenvalue weighted by Gasteiger charge is 2.19. The molecular formula is C18H21NO2S. The standard InChI is InChI=1S/C18H21NO2S/c20-14-9-7-13(8-10-14)4-3-11-19-18(21)16-12-22-17-6-2-1-5-15(16)17/h7-10,12,20H,1-6,11H2,(H,19,21). The molecule has 116 valence electrons. The quantitative estimate of drug-likeness (QED) is 0.827. The van der Waals surface area contributed by atoms with Gasteiger partial charge in [-0.3, -0.25) is 4.79 Å². The van der Waals surface area contributed by atoms with Gasteiger partial charge in [-0.25, -0.2) is 0 Å². The van der Waals surface area contributed by atoms with E-state index in [9.17, 15) is 9.90 Å². The summed E-state index contributed by atoms with van der Waals surface area (Å²) < 4.78 is 0. The Labute approximate surface area is 135 Å². The number of thiophene rings is 1. The fourth-order valence-electron chi connectivity index (χ4n) is 2.94. The summed E-state index contributed by atoms with van der Waals surface area (Å²) in [6.45, 7) is 0.685. The zero-order chi connectivity index (χ0) is 15.4. The number of aromatic hydroxyl groups is 1. The first kappa shape index (κ1) is 15.1. The molecule has 0 spiro atoms. The highest BCUT2D eigenvalue weighted by Crippen LogP contribution is 2.30. The first-order valence-electron chi connectivity index (χ1n) is 7.89. The van der Waals surface area contributed by atoms with Gasteiger partial charge in [0.15, 0.2) is 0 Å². The van der Waals surface area contributed by atoms with Crippen molar-refractivity contribution in [1.29, 1.82) is 0 Å². The molecule has 1 aliphatic rings. The minimum atomic E-state index is 0.0742. The highest BCUT2D eigenvalue weighted by atomic mass is 32.1. The van der Waals surface area contributed by atoms with Gasteiger partial charge in [0, 0.05) is 16.8 Å². The maximum atomic E-state index is 12.3. The van der Waals surface area contributed by atoms with Crippen molar-refractivity contribution in [2.24, 2.45) is 0 Å². The van der Waals surface area contributed by atoms with Crippen LogP contribution in [0.4, 0.5) is 0 Å². The number of rotatable bonds is 5. The molecule has 3 rings (SSSR count). The number of fused-ring (bicyclic) bond motifs is 1. The van der Waals surface area contributed by atoms with Crippen LogP contribution in [0.25, 0.3) is 0 Å². The van der Waals surface area contributed by atoms with E-state index in [0.717, 1.165) is 31.2 Å². The zero-order valence-electron chi connectivity index (χ0n) is 12.6. The first-order chi connectivity index (χ1) is 10.7. The summed E-state index contributed by atoms with van der Waals surface area (Å²) in [4.78, 5) is 13.7. The number of carbonyl (C=O) groups excluding carboxylic acids is 1. The summed E-state index contributed by atoms with van der Waals surface area (Å²) in [7, 11) is 0. The lowest BCUT2D eigenvalue weighted by atomic mass is 9.95. The molecule has 2 aromatic rings. The van der Waals surface area contributed by atoms with Crippen molar-refractivity contribution in [3.63, 3.8) is 0 Å². The Morgan fingerprint density at radius 3 is 2.77 bits per heavy atom. The van der Waals surface area contributed by atoms with Crippen LogP contribution in [0.5, 0.6) is 5.75 Å². The summed E-state index contributed by atoms with van der Waals surface area (Å²) in [5, 5.41) is 14.3. The van der Waals surface area contributed by atoms with Gasteiger partial charge in [0.2, 0.25) is 0 Å². The molecule has 1 aromatic heterocycles. The van der Waals surface area contributed by atoms with E-state index in [0.29, 0.717) is 12.3 Å². The molecule has 0 saturated carbocycles. The fraction of sp³-hybridized carbons (Fsp3) is 0.389. The number of hydrogen-bond donors (Lipinski definition) is 2. The summed E-state index contributed by atoms with van der Waals surface area (Å²) >= 11 is 1.73. The number of hydrogen-bond acceptors (Lipinski definition) is 3. The minimum Gasteiger partial charge on any atom is -0.508 e. The molecule has 1 aromatic carbocycles. The zero-order valence-corrected chi connectivity index (χ0v) is 13.4. The van der Waals surface area contributed by atoms with E-state index in [2.05, 4.69) is 5.32 Å². The van der Waals surface area contributed by atoms with Crippen molar-refractivity contribution in [2.75, 3.05) is 6.54 Å². The van der Waals surface area contributed by atoms with Gasteiger partial charge in [-0.05, 0) is 61.8 Å². The number of phenolic OH excluding ortho intramolecular Hbond substituents is 1. The van der Waals surface area contributed by atoms with Gasteiger partial charge in [-0.15, -0.1) is 11.3 Å². The molecule has 2 N–H and O–H groups in total.